The fourth-order valence-electron chi connectivity index (χ4n) is 4.24. The maximum absolute atomic E-state index is 13.5. The van der Waals surface area contributed by atoms with Gasteiger partial charge in [0.2, 0.25) is 0 Å². The number of hydrogen-bond donors (Lipinski definition) is 2. The monoisotopic (exact) mass is 483 g/mol. The zero-order valence-electron chi connectivity index (χ0n) is 20.4. The Morgan fingerprint density at radius 1 is 0.889 bits per heavy atom. The fourth-order valence-corrected chi connectivity index (χ4v) is 4.24. The van der Waals surface area contributed by atoms with Crippen molar-refractivity contribution in [1.29, 1.82) is 0 Å². The number of carboxylic acid groups (broad SMARTS) is 1. The predicted molar refractivity (Wildman–Crippen MR) is 140 cm³/mol. The van der Waals surface area contributed by atoms with E-state index in [1.807, 2.05) is 55.5 Å². The van der Waals surface area contributed by atoms with Crippen molar-refractivity contribution in [2.24, 2.45) is 0 Å². The van der Waals surface area contributed by atoms with Crippen LogP contribution in [0.4, 0.5) is 0 Å². The molecule has 0 radical (unpaired) electrons. The van der Waals surface area contributed by atoms with E-state index in [4.69, 9.17) is 14.6 Å². The average molecular weight is 484 g/mol. The summed E-state index contributed by atoms with van der Waals surface area (Å²) in [5.41, 5.74) is 2.28. The van der Waals surface area contributed by atoms with Crippen molar-refractivity contribution >= 4 is 22.6 Å². The second kappa shape index (κ2) is 11.4. The summed E-state index contributed by atoms with van der Waals surface area (Å²) in [4.78, 5) is 24.5. The SMILES string of the molecule is COc1ccc(Oc2ccc(CCCC(=O)O)c(C(=O)NC(C)c3cccc4ccccc34)c2)cc1. The first kappa shape index (κ1) is 24.8. The fraction of sp³-hybridized carbons (Fsp3) is 0.200. The number of benzene rings is 4. The van der Waals surface area contributed by atoms with E-state index >= 15 is 0 Å². The zero-order chi connectivity index (χ0) is 25.5. The van der Waals surface area contributed by atoms with Gasteiger partial charge < -0.3 is 19.9 Å². The summed E-state index contributed by atoms with van der Waals surface area (Å²) in [5, 5.41) is 14.4. The molecule has 4 rings (SSSR count). The van der Waals surface area contributed by atoms with Crippen molar-refractivity contribution in [3.63, 3.8) is 0 Å². The first-order valence-corrected chi connectivity index (χ1v) is 11.9. The smallest absolute Gasteiger partial charge is 0.303 e. The van der Waals surface area contributed by atoms with Gasteiger partial charge in [0.25, 0.3) is 5.91 Å². The topological polar surface area (TPSA) is 84.9 Å². The van der Waals surface area contributed by atoms with Gasteiger partial charge in [0.15, 0.2) is 0 Å². The van der Waals surface area contributed by atoms with Crippen LogP contribution in [0, 0.1) is 0 Å². The van der Waals surface area contributed by atoms with Crippen molar-refractivity contribution in [3.8, 4) is 17.2 Å². The minimum Gasteiger partial charge on any atom is -0.497 e. The number of fused-ring (bicyclic) bond motifs is 1. The first-order chi connectivity index (χ1) is 17.4. The van der Waals surface area contributed by atoms with E-state index in [2.05, 4.69) is 5.32 Å². The molecule has 6 heteroatoms. The number of nitrogens with one attached hydrogen (secondary N) is 1. The summed E-state index contributed by atoms with van der Waals surface area (Å²) in [5.74, 6) is 0.764. The highest BCUT2D eigenvalue weighted by molar-refractivity contribution is 5.97. The van der Waals surface area contributed by atoms with Crippen LogP contribution >= 0.6 is 0 Å². The molecule has 1 atom stereocenters. The molecule has 4 aromatic rings. The molecule has 2 N–H and O–H groups in total. The van der Waals surface area contributed by atoms with Crippen molar-refractivity contribution in [2.45, 2.75) is 32.2 Å². The summed E-state index contributed by atoms with van der Waals surface area (Å²) in [6.07, 6.45) is 0.950. The van der Waals surface area contributed by atoms with Crippen LogP contribution in [-0.4, -0.2) is 24.1 Å². The maximum Gasteiger partial charge on any atom is 0.303 e. The van der Waals surface area contributed by atoms with Crippen LogP contribution in [-0.2, 0) is 11.2 Å². The minimum absolute atomic E-state index is 0.0393. The number of carboxylic acids is 1. The predicted octanol–water partition coefficient (Wildman–Crippen LogP) is 6.54. The molecule has 0 saturated carbocycles. The van der Waals surface area contributed by atoms with Crippen LogP contribution < -0.4 is 14.8 Å². The van der Waals surface area contributed by atoms with Gasteiger partial charge in [-0.3, -0.25) is 9.59 Å². The number of hydrogen-bond acceptors (Lipinski definition) is 4. The van der Waals surface area contributed by atoms with Crippen LogP contribution in [0.3, 0.4) is 0 Å². The van der Waals surface area contributed by atoms with Gasteiger partial charge >= 0.3 is 5.97 Å². The van der Waals surface area contributed by atoms with Gasteiger partial charge in [-0.25, -0.2) is 0 Å². The Bertz CT molecular complexity index is 1360. The van der Waals surface area contributed by atoms with Gasteiger partial charge in [0.05, 0.1) is 13.2 Å². The number of carbonyl (C=O) groups excluding carboxylic acids is 1. The number of carbonyl (C=O) groups is 2. The van der Waals surface area contributed by atoms with Crippen LogP contribution in [0.25, 0.3) is 10.8 Å². The Labute approximate surface area is 210 Å². The molecule has 0 bridgehead atoms. The van der Waals surface area contributed by atoms with E-state index in [0.717, 1.165) is 27.6 Å². The number of aryl methyl sites for hydroxylation is 1. The molecule has 0 aliphatic carbocycles. The second-order valence-corrected chi connectivity index (χ2v) is 8.61. The average Bonchev–Trinajstić information content (AvgIpc) is 2.89. The van der Waals surface area contributed by atoms with Crippen LogP contribution in [0.1, 0.15) is 47.3 Å². The summed E-state index contributed by atoms with van der Waals surface area (Å²) in [6, 6.07) is 26.4. The molecule has 4 aromatic carbocycles. The van der Waals surface area contributed by atoms with E-state index in [-0.39, 0.29) is 18.4 Å². The lowest BCUT2D eigenvalue weighted by Crippen LogP contribution is -2.27. The highest BCUT2D eigenvalue weighted by Gasteiger charge is 2.18. The molecular weight excluding hydrogens is 454 g/mol. The Balaban J connectivity index is 1.59. The van der Waals surface area contributed by atoms with Gasteiger partial charge in [-0.1, -0.05) is 48.5 Å². The maximum atomic E-state index is 13.5. The van der Waals surface area contributed by atoms with Gasteiger partial charge in [0, 0.05) is 12.0 Å². The number of rotatable bonds is 10. The number of amides is 1. The molecule has 0 aliphatic rings. The van der Waals surface area contributed by atoms with Crippen molar-refractivity contribution < 1.29 is 24.2 Å². The molecule has 0 fully saturated rings. The highest BCUT2D eigenvalue weighted by atomic mass is 16.5. The Morgan fingerprint density at radius 2 is 1.58 bits per heavy atom. The lowest BCUT2D eigenvalue weighted by atomic mass is 9.98. The zero-order valence-corrected chi connectivity index (χ0v) is 20.4. The molecule has 0 spiro atoms. The van der Waals surface area contributed by atoms with Gasteiger partial charge in [-0.05, 0) is 78.1 Å². The van der Waals surface area contributed by atoms with Crippen molar-refractivity contribution in [1.82, 2.24) is 5.32 Å². The van der Waals surface area contributed by atoms with Crippen LogP contribution in [0.15, 0.2) is 84.9 Å². The normalized spacial score (nSPS) is 11.6. The quantitative estimate of drug-likeness (QED) is 0.268. The Hall–Kier alpha value is -4.32. The second-order valence-electron chi connectivity index (χ2n) is 8.61. The van der Waals surface area contributed by atoms with E-state index in [9.17, 15) is 9.59 Å². The molecule has 0 heterocycles. The molecule has 184 valence electrons. The number of methoxy groups -OCH3 is 1. The molecule has 0 saturated heterocycles. The van der Waals surface area contributed by atoms with E-state index < -0.39 is 5.97 Å². The van der Waals surface area contributed by atoms with Gasteiger partial charge in [-0.2, -0.15) is 0 Å². The van der Waals surface area contributed by atoms with Crippen LogP contribution in [0.2, 0.25) is 0 Å². The summed E-state index contributed by atoms with van der Waals surface area (Å²) < 4.78 is 11.2. The number of aliphatic carboxylic acids is 1. The lowest BCUT2D eigenvalue weighted by Gasteiger charge is -2.19. The van der Waals surface area contributed by atoms with E-state index in [1.54, 1.807) is 43.5 Å². The van der Waals surface area contributed by atoms with Crippen LogP contribution in [0.5, 0.6) is 17.2 Å². The third-order valence-corrected chi connectivity index (χ3v) is 6.10. The molecule has 36 heavy (non-hydrogen) atoms. The summed E-state index contributed by atoms with van der Waals surface area (Å²) >= 11 is 0. The standard InChI is InChI=1S/C30H29NO5/c1-20(26-11-5-8-21-7-3-4-10-27(21)26)31-30(34)28-19-25(14-13-22(28)9-6-12-29(32)33)36-24-17-15-23(35-2)16-18-24/h3-5,7-8,10-11,13-20H,6,9,12H2,1-2H3,(H,31,34)(H,32,33). The minimum atomic E-state index is -0.856. The highest BCUT2D eigenvalue weighted by Crippen LogP contribution is 2.28. The molecule has 0 aromatic heterocycles. The van der Waals surface area contributed by atoms with Gasteiger partial charge in [-0.15, -0.1) is 0 Å². The first-order valence-electron chi connectivity index (χ1n) is 11.9. The molecule has 1 unspecified atom stereocenters. The van der Waals surface area contributed by atoms with E-state index in [0.29, 0.717) is 29.9 Å². The third kappa shape index (κ3) is 6.02. The van der Waals surface area contributed by atoms with Crippen molar-refractivity contribution in [3.05, 3.63) is 102 Å². The molecule has 0 aliphatic heterocycles. The van der Waals surface area contributed by atoms with Gasteiger partial charge in [0.1, 0.15) is 17.2 Å². The third-order valence-electron chi connectivity index (χ3n) is 6.10. The molecular formula is C30H29NO5. The van der Waals surface area contributed by atoms with E-state index in [1.165, 1.54) is 0 Å². The largest absolute Gasteiger partial charge is 0.497 e. The Kier molecular flexibility index (Phi) is 7.85. The molecule has 1 amide bonds. The number of ether oxygens (including phenoxy) is 2. The lowest BCUT2D eigenvalue weighted by molar-refractivity contribution is -0.137. The van der Waals surface area contributed by atoms with Crippen molar-refractivity contribution in [2.75, 3.05) is 7.11 Å². The molecule has 6 nitrogen and oxygen atoms in total. The summed E-state index contributed by atoms with van der Waals surface area (Å²) in [6.45, 7) is 1.96. The summed E-state index contributed by atoms with van der Waals surface area (Å²) in [7, 11) is 1.60. The Morgan fingerprint density at radius 3 is 2.33 bits per heavy atom.